The van der Waals surface area contributed by atoms with Gasteiger partial charge in [0.15, 0.2) is 0 Å². The summed E-state index contributed by atoms with van der Waals surface area (Å²) in [5.41, 5.74) is 8.43. The number of aliphatic carboxylic acids is 1. The van der Waals surface area contributed by atoms with E-state index < -0.39 is 12.0 Å². The molecule has 0 spiro atoms. The van der Waals surface area contributed by atoms with Crippen LogP contribution >= 0.6 is 0 Å². The smallest absolute Gasteiger partial charge is 0.320 e. The third-order valence-corrected chi connectivity index (χ3v) is 3.18. The highest BCUT2D eigenvalue weighted by Gasteiger charge is 2.19. The Morgan fingerprint density at radius 3 is 2.95 bits per heavy atom. The summed E-state index contributed by atoms with van der Waals surface area (Å²) >= 11 is 0. The zero-order valence-corrected chi connectivity index (χ0v) is 11.0. The van der Waals surface area contributed by atoms with E-state index >= 15 is 0 Å². The van der Waals surface area contributed by atoms with Crippen molar-refractivity contribution in [2.24, 2.45) is 5.73 Å². The minimum atomic E-state index is -0.987. The van der Waals surface area contributed by atoms with Crippen LogP contribution in [0.2, 0.25) is 0 Å². The Bertz CT molecular complexity index is 593. The third-order valence-electron chi connectivity index (χ3n) is 3.18. The van der Waals surface area contributed by atoms with Gasteiger partial charge in [-0.2, -0.15) is 0 Å². The summed E-state index contributed by atoms with van der Waals surface area (Å²) < 4.78 is 0. The Hall–Kier alpha value is -1.92. The predicted molar refractivity (Wildman–Crippen MR) is 72.9 cm³/mol. The number of carboxylic acids is 1. The lowest BCUT2D eigenvalue weighted by atomic mass is 9.99. The van der Waals surface area contributed by atoms with Crippen LogP contribution in [0.15, 0.2) is 18.2 Å². The number of fused-ring (bicyclic) bond motifs is 1. The Morgan fingerprint density at radius 2 is 2.32 bits per heavy atom. The van der Waals surface area contributed by atoms with Gasteiger partial charge in [-0.05, 0) is 38.1 Å². The minimum Gasteiger partial charge on any atom is -0.480 e. The highest BCUT2D eigenvalue weighted by atomic mass is 16.4. The van der Waals surface area contributed by atoms with Crippen LogP contribution in [0, 0.1) is 6.92 Å². The number of nitrogens with one attached hydrogen (secondary N) is 2. The van der Waals surface area contributed by atoms with Crippen molar-refractivity contribution in [3.05, 3.63) is 29.6 Å². The fraction of sp³-hybridized carbons (Fsp3) is 0.385. The Kier molecular flexibility index (Phi) is 3.82. The molecule has 0 radical (unpaired) electrons. The fourth-order valence-electron chi connectivity index (χ4n) is 2.15. The van der Waals surface area contributed by atoms with E-state index in [1.165, 1.54) is 0 Å². The number of carbonyl (C=O) groups is 1. The van der Waals surface area contributed by atoms with E-state index in [4.69, 9.17) is 10.8 Å². The number of hydrogen-bond donors (Lipinski definition) is 4. The monoisotopic (exact) mass is 262 g/mol. The van der Waals surface area contributed by atoms with E-state index in [-0.39, 0.29) is 6.04 Å². The number of hydrogen-bond acceptors (Lipinski definition) is 4. The van der Waals surface area contributed by atoms with Gasteiger partial charge in [0.25, 0.3) is 0 Å². The number of H-pyrrole nitrogens is 1. The number of nitrogens with two attached hydrogens (primary N) is 1. The van der Waals surface area contributed by atoms with Crippen molar-refractivity contribution in [3.63, 3.8) is 0 Å². The van der Waals surface area contributed by atoms with Crippen molar-refractivity contribution in [1.82, 2.24) is 15.3 Å². The highest BCUT2D eigenvalue weighted by Crippen LogP contribution is 2.22. The second-order valence-electron chi connectivity index (χ2n) is 4.62. The molecule has 1 aromatic heterocycles. The molecule has 2 unspecified atom stereocenters. The van der Waals surface area contributed by atoms with Crippen LogP contribution in [0.5, 0.6) is 0 Å². The second-order valence-corrected chi connectivity index (χ2v) is 4.62. The topological polar surface area (TPSA) is 104 Å². The number of rotatable bonds is 5. The maximum Gasteiger partial charge on any atom is 0.320 e. The quantitative estimate of drug-likeness (QED) is 0.642. The molecule has 2 atom stereocenters. The SMILES string of the molecule is CNC(CC(N)C(=O)O)c1ccc2nc(C)[nH]c2c1. The summed E-state index contributed by atoms with van der Waals surface area (Å²) in [5.74, 6) is -0.130. The minimum absolute atomic E-state index is 0.0980. The zero-order chi connectivity index (χ0) is 14.0. The molecular weight excluding hydrogens is 244 g/mol. The average molecular weight is 262 g/mol. The molecule has 0 bridgehead atoms. The third kappa shape index (κ3) is 2.91. The van der Waals surface area contributed by atoms with E-state index in [0.29, 0.717) is 6.42 Å². The van der Waals surface area contributed by atoms with E-state index in [9.17, 15) is 4.79 Å². The van der Waals surface area contributed by atoms with Gasteiger partial charge in [0.1, 0.15) is 11.9 Å². The first-order valence-electron chi connectivity index (χ1n) is 6.13. The standard InChI is InChI=1S/C13H18N4O2/c1-7-16-10-4-3-8(5-12(10)17-7)11(15-2)6-9(14)13(18)19/h3-5,9,11,15H,6,14H2,1-2H3,(H,16,17)(H,18,19). The van der Waals surface area contributed by atoms with Gasteiger partial charge in [0, 0.05) is 6.04 Å². The maximum atomic E-state index is 10.8. The number of aromatic nitrogens is 2. The van der Waals surface area contributed by atoms with Gasteiger partial charge in [-0.25, -0.2) is 4.98 Å². The molecule has 0 fully saturated rings. The molecule has 6 heteroatoms. The molecule has 19 heavy (non-hydrogen) atoms. The van der Waals surface area contributed by atoms with Gasteiger partial charge in [-0.15, -0.1) is 0 Å². The van der Waals surface area contributed by atoms with Gasteiger partial charge in [-0.1, -0.05) is 6.07 Å². The molecule has 0 saturated heterocycles. The number of imidazole rings is 1. The van der Waals surface area contributed by atoms with Gasteiger partial charge in [0.05, 0.1) is 11.0 Å². The molecule has 0 aliphatic rings. The van der Waals surface area contributed by atoms with Crippen molar-refractivity contribution in [2.75, 3.05) is 7.05 Å². The molecule has 2 rings (SSSR count). The van der Waals surface area contributed by atoms with Crippen molar-refractivity contribution in [3.8, 4) is 0 Å². The summed E-state index contributed by atoms with van der Waals surface area (Å²) in [5, 5.41) is 12.0. The zero-order valence-electron chi connectivity index (χ0n) is 11.0. The second kappa shape index (κ2) is 5.38. The number of carboxylic acid groups (broad SMARTS) is 1. The van der Waals surface area contributed by atoms with E-state index in [1.807, 2.05) is 25.1 Å². The summed E-state index contributed by atoms with van der Waals surface area (Å²) in [6.45, 7) is 1.90. The molecule has 6 nitrogen and oxygen atoms in total. The van der Waals surface area contributed by atoms with Crippen LogP contribution < -0.4 is 11.1 Å². The number of aromatic amines is 1. The Labute approximate surface area is 111 Å². The Morgan fingerprint density at radius 1 is 1.58 bits per heavy atom. The highest BCUT2D eigenvalue weighted by molar-refractivity contribution is 5.76. The molecule has 2 aromatic rings. The van der Waals surface area contributed by atoms with Crippen LogP contribution in [0.1, 0.15) is 23.9 Å². The van der Waals surface area contributed by atoms with Crippen molar-refractivity contribution in [1.29, 1.82) is 0 Å². The largest absolute Gasteiger partial charge is 0.480 e. The molecule has 102 valence electrons. The summed E-state index contributed by atoms with van der Waals surface area (Å²) in [6.07, 6.45) is 0.338. The number of aryl methyl sites for hydroxylation is 1. The van der Waals surface area contributed by atoms with E-state index in [1.54, 1.807) is 7.05 Å². The van der Waals surface area contributed by atoms with Crippen LogP contribution in [0.4, 0.5) is 0 Å². The van der Waals surface area contributed by atoms with Gasteiger partial charge in [0.2, 0.25) is 0 Å². The fourth-order valence-corrected chi connectivity index (χ4v) is 2.15. The molecule has 0 aliphatic heterocycles. The summed E-state index contributed by atoms with van der Waals surface area (Å²) in [6, 6.07) is 4.87. The van der Waals surface area contributed by atoms with Crippen LogP contribution in [-0.4, -0.2) is 34.1 Å². The van der Waals surface area contributed by atoms with E-state index in [2.05, 4.69) is 15.3 Å². The summed E-state index contributed by atoms with van der Waals surface area (Å²) in [7, 11) is 1.79. The van der Waals surface area contributed by atoms with Crippen molar-refractivity contribution < 1.29 is 9.90 Å². The number of nitrogens with zero attached hydrogens (tertiary/aromatic N) is 1. The van der Waals surface area contributed by atoms with Gasteiger partial charge < -0.3 is 21.1 Å². The normalized spacial score (nSPS) is 14.5. The van der Waals surface area contributed by atoms with Crippen LogP contribution in [0.25, 0.3) is 11.0 Å². The molecule has 1 heterocycles. The lowest BCUT2D eigenvalue weighted by molar-refractivity contribution is -0.138. The van der Waals surface area contributed by atoms with Gasteiger partial charge in [-0.3, -0.25) is 4.79 Å². The lowest BCUT2D eigenvalue weighted by Crippen LogP contribution is -2.34. The van der Waals surface area contributed by atoms with E-state index in [0.717, 1.165) is 22.4 Å². The molecule has 0 amide bonds. The summed E-state index contributed by atoms with van der Waals surface area (Å²) in [4.78, 5) is 18.3. The molecular formula is C13H18N4O2. The van der Waals surface area contributed by atoms with Crippen LogP contribution in [-0.2, 0) is 4.79 Å². The average Bonchev–Trinajstić information content (AvgIpc) is 2.74. The molecule has 0 aliphatic carbocycles. The Balaban J connectivity index is 2.27. The molecule has 0 saturated carbocycles. The predicted octanol–water partition coefficient (Wildman–Crippen LogP) is 0.934. The first-order chi connectivity index (χ1) is 9.01. The lowest BCUT2D eigenvalue weighted by Gasteiger charge is -2.18. The first kappa shape index (κ1) is 13.5. The van der Waals surface area contributed by atoms with Gasteiger partial charge >= 0.3 is 5.97 Å². The first-order valence-corrected chi connectivity index (χ1v) is 6.13. The molecule has 1 aromatic carbocycles. The maximum absolute atomic E-state index is 10.8. The van der Waals surface area contributed by atoms with Crippen molar-refractivity contribution >= 4 is 17.0 Å². The van der Waals surface area contributed by atoms with Crippen molar-refractivity contribution in [2.45, 2.75) is 25.4 Å². The number of benzene rings is 1. The molecule has 5 N–H and O–H groups in total. The van der Waals surface area contributed by atoms with Crippen LogP contribution in [0.3, 0.4) is 0 Å².